The lowest BCUT2D eigenvalue weighted by atomic mass is 9.81. The van der Waals surface area contributed by atoms with Crippen LogP contribution in [0.5, 0.6) is 0 Å². The van der Waals surface area contributed by atoms with Crippen molar-refractivity contribution >= 4 is 11.9 Å². The second-order valence-electron chi connectivity index (χ2n) is 6.78. The van der Waals surface area contributed by atoms with E-state index in [9.17, 15) is 9.59 Å². The van der Waals surface area contributed by atoms with E-state index in [1.165, 1.54) is 12.8 Å². The lowest BCUT2D eigenvalue weighted by Gasteiger charge is -2.34. The fraction of sp³-hybridized carbons (Fsp3) is 0.875. The first-order valence-electron chi connectivity index (χ1n) is 8.02. The molecule has 1 aliphatic carbocycles. The molecule has 21 heavy (non-hydrogen) atoms. The molecule has 120 valence electrons. The van der Waals surface area contributed by atoms with Gasteiger partial charge in [-0.15, -0.1) is 0 Å². The van der Waals surface area contributed by atoms with E-state index in [-0.39, 0.29) is 29.9 Å². The quantitative estimate of drug-likeness (QED) is 0.809. The Labute approximate surface area is 126 Å². The third-order valence-corrected chi connectivity index (χ3v) is 5.10. The molecule has 2 aliphatic rings. The van der Waals surface area contributed by atoms with Crippen LogP contribution in [0.4, 0.5) is 0 Å². The lowest BCUT2D eigenvalue weighted by Crippen LogP contribution is -2.45. The number of carbonyl (C=O) groups excluding carboxylic acids is 1. The number of aliphatic carboxylic acids is 1. The molecule has 5 heteroatoms. The molecule has 1 N–H and O–H groups in total. The highest BCUT2D eigenvalue weighted by Crippen LogP contribution is 2.38. The van der Waals surface area contributed by atoms with Crippen LogP contribution in [0, 0.1) is 5.41 Å². The van der Waals surface area contributed by atoms with Crippen LogP contribution in [0.15, 0.2) is 0 Å². The molecule has 1 saturated heterocycles. The Bertz CT molecular complexity index is 388. The van der Waals surface area contributed by atoms with E-state index in [2.05, 4.69) is 6.92 Å². The Morgan fingerprint density at radius 1 is 1.24 bits per heavy atom. The predicted molar refractivity (Wildman–Crippen MR) is 79.0 cm³/mol. The highest BCUT2D eigenvalue weighted by Gasteiger charge is 2.43. The average molecular weight is 297 g/mol. The van der Waals surface area contributed by atoms with Gasteiger partial charge in [0.05, 0.1) is 12.5 Å². The van der Waals surface area contributed by atoms with E-state index >= 15 is 0 Å². The van der Waals surface area contributed by atoms with Crippen molar-refractivity contribution in [3.05, 3.63) is 0 Å². The minimum atomic E-state index is -0.847. The van der Waals surface area contributed by atoms with Crippen molar-refractivity contribution in [1.82, 2.24) is 4.90 Å². The van der Waals surface area contributed by atoms with Gasteiger partial charge in [0.25, 0.3) is 0 Å². The van der Waals surface area contributed by atoms with Gasteiger partial charge in [0.1, 0.15) is 0 Å². The van der Waals surface area contributed by atoms with Crippen LogP contribution in [0.2, 0.25) is 0 Å². The topological polar surface area (TPSA) is 66.8 Å². The average Bonchev–Trinajstić information content (AvgIpc) is 2.69. The molecule has 5 nitrogen and oxygen atoms in total. The molecule has 0 spiro atoms. The van der Waals surface area contributed by atoms with Crippen molar-refractivity contribution in [1.29, 1.82) is 0 Å². The fourth-order valence-electron chi connectivity index (χ4n) is 3.76. The van der Waals surface area contributed by atoms with Gasteiger partial charge in [-0.2, -0.15) is 0 Å². The zero-order chi connectivity index (χ0) is 15.5. The second kappa shape index (κ2) is 6.77. The molecule has 1 saturated carbocycles. The van der Waals surface area contributed by atoms with E-state index in [0.29, 0.717) is 13.0 Å². The fourth-order valence-corrected chi connectivity index (χ4v) is 3.76. The number of carbonyl (C=O) groups is 2. The molecule has 1 heterocycles. The van der Waals surface area contributed by atoms with Gasteiger partial charge in [0, 0.05) is 25.1 Å². The number of hydrogen-bond donors (Lipinski definition) is 1. The van der Waals surface area contributed by atoms with Gasteiger partial charge in [0.15, 0.2) is 0 Å². The number of methoxy groups -OCH3 is 1. The van der Waals surface area contributed by atoms with Crippen LogP contribution in [0.25, 0.3) is 0 Å². The molecular formula is C16H27NO4. The third-order valence-electron chi connectivity index (χ3n) is 5.10. The summed E-state index contributed by atoms with van der Waals surface area (Å²) in [4.78, 5) is 25.8. The number of likely N-dealkylation sites (tertiary alicyclic amines) is 1. The van der Waals surface area contributed by atoms with Crippen LogP contribution in [0.3, 0.4) is 0 Å². The normalized spacial score (nSPS) is 29.1. The van der Waals surface area contributed by atoms with Gasteiger partial charge in [-0.05, 0) is 19.3 Å². The first kappa shape index (κ1) is 16.3. The highest BCUT2D eigenvalue weighted by molar-refractivity contribution is 5.83. The molecule has 0 aromatic heterocycles. The standard InChI is InChI=1S/C16H27NO4/c1-16(7-5-3-4-6-8-16)15(20)17-11-13(21-2)9-12(17)10-14(18)19/h12-13H,3-11H2,1-2H3,(H,18,19). The lowest BCUT2D eigenvalue weighted by molar-refractivity contribution is -0.145. The molecule has 1 aliphatic heterocycles. The number of carboxylic acids is 1. The molecular weight excluding hydrogens is 270 g/mol. The van der Waals surface area contributed by atoms with Crippen molar-refractivity contribution in [3.8, 4) is 0 Å². The van der Waals surface area contributed by atoms with Crippen molar-refractivity contribution in [2.24, 2.45) is 5.41 Å². The van der Waals surface area contributed by atoms with Gasteiger partial charge in [-0.3, -0.25) is 9.59 Å². The molecule has 0 aromatic carbocycles. The van der Waals surface area contributed by atoms with Crippen LogP contribution in [-0.4, -0.2) is 47.7 Å². The first-order chi connectivity index (χ1) is 9.96. The predicted octanol–water partition coefficient (Wildman–Crippen LogP) is 2.44. The van der Waals surface area contributed by atoms with E-state index in [0.717, 1.165) is 25.7 Å². The molecule has 2 fully saturated rings. The van der Waals surface area contributed by atoms with Crippen molar-refractivity contribution < 1.29 is 19.4 Å². The highest BCUT2D eigenvalue weighted by atomic mass is 16.5. The summed E-state index contributed by atoms with van der Waals surface area (Å²) in [5.74, 6) is -0.712. The molecule has 0 aromatic rings. The minimum Gasteiger partial charge on any atom is -0.481 e. The maximum absolute atomic E-state index is 13.0. The van der Waals surface area contributed by atoms with E-state index in [4.69, 9.17) is 9.84 Å². The Morgan fingerprint density at radius 3 is 2.38 bits per heavy atom. The largest absolute Gasteiger partial charge is 0.481 e. The molecule has 2 atom stereocenters. The van der Waals surface area contributed by atoms with E-state index in [1.54, 1.807) is 12.0 Å². The summed E-state index contributed by atoms with van der Waals surface area (Å²) in [5.41, 5.74) is -0.324. The Balaban J connectivity index is 2.12. The maximum atomic E-state index is 13.0. The van der Waals surface area contributed by atoms with Crippen LogP contribution in [-0.2, 0) is 14.3 Å². The monoisotopic (exact) mass is 297 g/mol. The number of carboxylic acid groups (broad SMARTS) is 1. The van der Waals surface area contributed by atoms with Gasteiger partial charge in [-0.25, -0.2) is 0 Å². The summed E-state index contributed by atoms with van der Waals surface area (Å²) in [5, 5.41) is 9.07. The zero-order valence-electron chi connectivity index (χ0n) is 13.1. The number of nitrogens with zero attached hydrogens (tertiary/aromatic N) is 1. The van der Waals surface area contributed by atoms with E-state index in [1.807, 2.05) is 0 Å². The van der Waals surface area contributed by atoms with Crippen molar-refractivity contribution in [2.45, 2.75) is 70.4 Å². The van der Waals surface area contributed by atoms with E-state index < -0.39 is 5.97 Å². The molecule has 1 amide bonds. The number of hydrogen-bond acceptors (Lipinski definition) is 3. The minimum absolute atomic E-state index is 0.0156. The third kappa shape index (κ3) is 3.76. The summed E-state index contributed by atoms with van der Waals surface area (Å²) in [7, 11) is 1.63. The van der Waals surface area contributed by atoms with Crippen molar-refractivity contribution in [3.63, 3.8) is 0 Å². The van der Waals surface area contributed by atoms with Gasteiger partial charge < -0.3 is 14.7 Å². The summed E-state index contributed by atoms with van der Waals surface area (Å²) >= 11 is 0. The number of rotatable bonds is 4. The molecule has 0 radical (unpaired) electrons. The molecule has 2 rings (SSSR count). The Morgan fingerprint density at radius 2 is 1.86 bits per heavy atom. The summed E-state index contributed by atoms with van der Waals surface area (Å²) in [6.45, 7) is 2.58. The van der Waals surface area contributed by atoms with Gasteiger partial charge in [-0.1, -0.05) is 32.6 Å². The summed E-state index contributed by atoms with van der Waals surface area (Å²) < 4.78 is 5.36. The van der Waals surface area contributed by atoms with Crippen molar-refractivity contribution in [2.75, 3.05) is 13.7 Å². The number of ether oxygens (including phenoxy) is 1. The Hall–Kier alpha value is -1.10. The zero-order valence-corrected chi connectivity index (χ0v) is 13.1. The first-order valence-corrected chi connectivity index (χ1v) is 8.02. The number of amides is 1. The SMILES string of the molecule is COC1CC(CC(=O)O)N(C(=O)C2(C)CCCCCC2)C1. The second-order valence-corrected chi connectivity index (χ2v) is 6.78. The molecule has 0 bridgehead atoms. The van der Waals surface area contributed by atoms with Crippen LogP contribution in [0.1, 0.15) is 58.3 Å². The van der Waals surface area contributed by atoms with Gasteiger partial charge in [0.2, 0.25) is 5.91 Å². The maximum Gasteiger partial charge on any atom is 0.305 e. The van der Waals surface area contributed by atoms with Gasteiger partial charge >= 0.3 is 5.97 Å². The Kier molecular flexibility index (Phi) is 5.25. The molecule has 2 unspecified atom stereocenters. The summed E-state index contributed by atoms with van der Waals surface area (Å²) in [6.07, 6.45) is 7.02. The van der Waals surface area contributed by atoms with Crippen LogP contribution < -0.4 is 0 Å². The van der Waals surface area contributed by atoms with Crippen LogP contribution >= 0.6 is 0 Å². The summed E-state index contributed by atoms with van der Waals surface area (Å²) in [6, 6.07) is -0.222. The smallest absolute Gasteiger partial charge is 0.305 e.